The number of piperidine rings is 1. The van der Waals surface area contributed by atoms with Crippen LogP contribution in [0.3, 0.4) is 0 Å². The van der Waals surface area contributed by atoms with Crippen molar-refractivity contribution >= 4 is 17.7 Å². The molecule has 0 aromatic heterocycles. The third kappa shape index (κ3) is 6.12. The van der Waals surface area contributed by atoms with Crippen LogP contribution in [0.1, 0.15) is 53.0 Å². The molecule has 1 saturated heterocycles. The molecule has 1 aliphatic rings. The van der Waals surface area contributed by atoms with Gasteiger partial charge in [0.15, 0.2) is 0 Å². The first kappa shape index (κ1) is 24.3. The second kappa shape index (κ2) is 11.0. The van der Waals surface area contributed by atoms with E-state index in [1.54, 1.807) is 31.4 Å². The molecule has 1 fully saturated rings. The van der Waals surface area contributed by atoms with Crippen LogP contribution >= 0.6 is 0 Å². The summed E-state index contributed by atoms with van der Waals surface area (Å²) in [5.41, 5.74) is 2.12. The molecule has 2 aromatic rings. The van der Waals surface area contributed by atoms with E-state index in [1.165, 1.54) is 0 Å². The third-order valence-corrected chi connectivity index (χ3v) is 6.03. The van der Waals surface area contributed by atoms with Crippen molar-refractivity contribution in [2.75, 3.05) is 20.2 Å². The highest BCUT2D eigenvalue weighted by Crippen LogP contribution is 2.24. The Morgan fingerprint density at radius 3 is 2.18 bits per heavy atom. The number of aryl methyl sites for hydroxylation is 1. The Labute approximate surface area is 195 Å². The average Bonchev–Trinajstić information content (AvgIpc) is 2.82. The maximum absolute atomic E-state index is 13.0. The van der Waals surface area contributed by atoms with Gasteiger partial charge >= 0.3 is 0 Å². The van der Waals surface area contributed by atoms with Crippen molar-refractivity contribution in [1.82, 2.24) is 15.5 Å². The molecule has 0 spiro atoms. The number of rotatable bonds is 7. The second-order valence-corrected chi connectivity index (χ2v) is 8.79. The van der Waals surface area contributed by atoms with E-state index in [9.17, 15) is 14.4 Å². The smallest absolute Gasteiger partial charge is 0.254 e. The number of carbonyl (C=O) groups is 3. The van der Waals surface area contributed by atoms with Crippen molar-refractivity contribution in [2.24, 2.45) is 5.92 Å². The molecule has 1 heterocycles. The second-order valence-electron chi connectivity index (χ2n) is 8.79. The quantitative estimate of drug-likeness (QED) is 0.677. The Morgan fingerprint density at radius 2 is 1.61 bits per heavy atom. The van der Waals surface area contributed by atoms with E-state index in [1.807, 2.05) is 49.9 Å². The topological polar surface area (TPSA) is 87.7 Å². The minimum absolute atomic E-state index is 0.0111. The number of carbonyl (C=O) groups excluding carboxylic acids is 3. The Hall–Kier alpha value is -3.35. The molecule has 0 bridgehead atoms. The number of hydrogen-bond acceptors (Lipinski definition) is 4. The molecule has 176 valence electrons. The van der Waals surface area contributed by atoms with Gasteiger partial charge in [-0.1, -0.05) is 18.2 Å². The molecule has 1 aliphatic heterocycles. The number of ether oxygens (including phenoxy) is 1. The van der Waals surface area contributed by atoms with Gasteiger partial charge in [0.1, 0.15) is 11.8 Å². The molecule has 3 rings (SSSR count). The number of amides is 3. The highest BCUT2D eigenvalue weighted by molar-refractivity contribution is 5.98. The number of nitrogens with zero attached hydrogens (tertiary/aromatic N) is 1. The van der Waals surface area contributed by atoms with Gasteiger partial charge in [-0.05, 0) is 75.4 Å². The zero-order chi connectivity index (χ0) is 24.0. The fourth-order valence-corrected chi connectivity index (χ4v) is 4.16. The van der Waals surface area contributed by atoms with Crippen LogP contribution in [-0.4, -0.2) is 54.9 Å². The summed E-state index contributed by atoms with van der Waals surface area (Å²) >= 11 is 0. The number of methoxy groups -OCH3 is 1. The van der Waals surface area contributed by atoms with Crippen LogP contribution in [0.4, 0.5) is 0 Å². The van der Waals surface area contributed by atoms with Crippen LogP contribution < -0.4 is 15.4 Å². The molecular formula is C26H33N3O4. The fourth-order valence-electron chi connectivity index (χ4n) is 4.16. The zero-order valence-electron chi connectivity index (χ0n) is 19.8. The number of hydrogen-bond donors (Lipinski definition) is 2. The SMILES string of the molecule is COc1ccc(C(=O)N[C@H](C(=O)NC(C)C)C2CCN(C(=O)c3ccccc3C)CC2)cc1. The van der Waals surface area contributed by atoms with E-state index in [-0.39, 0.29) is 29.7 Å². The molecule has 7 nitrogen and oxygen atoms in total. The van der Waals surface area contributed by atoms with Gasteiger partial charge in [0.05, 0.1) is 7.11 Å². The van der Waals surface area contributed by atoms with Crippen molar-refractivity contribution < 1.29 is 19.1 Å². The van der Waals surface area contributed by atoms with Crippen LogP contribution in [0.5, 0.6) is 5.75 Å². The molecule has 0 aliphatic carbocycles. The van der Waals surface area contributed by atoms with Crippen molar-refractivity contribution in [3.8, 4) is 5.75 Å². The number of nitrogens with one attached hydrogen (secondary N) is 2. The molecule has 2 N–H and O–H groups in total. The van der Waals surface area contributed by atoms with Gasteiger partial charge in [0.2, 0.25) is 5.91 Å². The lowest BCUT2D eigenvalue weighted by molar-refractivity contribution is -0.125. The van der Waals surface area contributed by atoms with Crippen LogP contribution in [0.15, 0.2) is 48.5 Å². The summed E-state index contributed by atoms with van der Waals surface area (Å²) in [7, 11) is 1.57. The first-order valence-corrected chi connectivity index (χ1v) is 11.4. The molecule has 1 atom stereocenters. The highest BCUT2D eigenvalue weighted by atomic mass is 16.5. The summed E-state index contributed by atoms with van der Waals surface area (Å²) in [5, 5.41) is 5.86. The lowest BCUT2D eigenvalue weighted by Gasteiger charge is -2.36. The van der Waals surface area contributed by atoms with E-state index >= 15 is 0 Å². The predicted octanol–water partition coefficient (Wildman–Crippen LogP) is 3.18. The van der Waals surface area contributed by atoms with Gasteiger partial charge < -0.3 is 20.3 Å². The van der Waals surface area contributed by atoms with E-state index in [4.69, 9.17) is 4.74 Å². The fraction of sp³-hybridized carbons (Fsp3) is 0.423. The van der Waals surface area contributed by atoms with E-state index in [0.717, 1.165) is 5.56 Å². The minimum atomic E-state index is -0.669. The monoisotopic (exact) mass is 451 g/mol. The normalized spacial score (nSPS) is 15.1. The van der Waals surface area contributed by atoms with Crippen LogP contribution in [-0.2, 0) is 4.79 Å². The Kier molecular flexibility index (Phi) is 8.09. The molecule has 33 heavy (non-hydrogen) atoms. The summed E-state index contributed by atoms with van der Waals surface area (Å²) in [6, 6.07) is 13.6. The van der Waals surface area contributed by atoms with E-state index < -0.39 is 6.04 Å². The number of likely N-dealkylation sites (tertiary alicyclic amines) is 1. The first-order chi connectivity index (χ1) is 15.8. The summed E-state index contributed by atoms with van der Waals surface area (Å²) in [6.07, 6.45) is 1.27. The summed E-state index contributed by atoms with van der Waals surface area (Å²) < 4.78 is 5.15. The molecule has 7 heteroatoms. The van der Waals surface area contributed by atoms with Gasteiger partial charge in [0.25, 0.3) is 11.8 Å². The van der Waals surface area contributed by atoms with Gasteiger partial charge in [-0.2, -0.15) is 0 Å². The molecule has 0 saturated carbocycles. The summed E-state index contributed by atoms with van der Waals surface area (Å²) in [6.45, 7) is 6.80. The van der Waals surface area contributed by atoms with E-state index in [2.05, 4.69) is 10.6 Å². The van der Waals surface area contributed by atoms with Crippen molar-refractivity contribution in [3.63, 3.8) is 0 Å². The molecule has 2 aromatic carbocycles. The van der Waals surface area contributed by atoms with Crippen molar-refractivity contribution in [2.45, 2.75) is 45.7 Å². The standard InChI is InChI=1S/C26H33N3O4/c1-17(2)27-25(31)23(28-24(30)20-9-11-21(33-4)12-10-20)19-13-15-29(16-14-19)26(32)22-8-6-5-7-18(22)3/h5-12,17,19,23H,13-16H2,1-4H3,(H,27,31)(H,28,30)/t23-/m0/s1. The average molecular weight is 452 g/mol. The third-order valence-electron chi connectivity index (χ3n) is 6.03. The minimum Gasteiger partial charge on any atom is -0.497 e. The highest BCUT2D eigenvalue weighted by Gasteiger charge is 2.34. The zero-order valence-corrected chi connectivity index (χ0v) is 19.8. The van der Waals surface area contributed by atoms with Gasteiger partial charge in [-0.15, -0.1) is 0 Å². The summed E-state index contributed by atoms with van der Waals surface area (Å²) in [5.74, 6) is 0.103. The van der Waals surface area contributed by atoms with Crippen molar-refractivity contribution in [1.29, 1.82) is 0 Å². The largest absolute Gasteiger partial charge is 0.497 e. The molecule has 0 radical (unpaired) electrons. The summed E-state index contributed by atoms with van der Waals surface area (Å²) in [4.78, 5) is 40.7. The number of benzene rings is 2. The predicted molar refractivity (Wildman–Crippen MR) is 127 cm³/mol. The van der Waals surface area contributed by atoms with Crippen LogP contribution in [0, 0.1) is 12.8 Å². The van der Waals surface area contributed by atoms with Gasteiger partial charge in [-0.25, -0.2) is 0 Å². The van der Waals surface area contributed by atoms with Crippen molar-refractivity contribution in [3.05, 3.63) is 65.2 Å². The molecule has 0 unspecified atom stereocenters. The van der Waals surface area contributed by atoms with Gasteiger partial charge in [0, 0.05) is 30.3 Å². The Morgan fingerprint density at radius 1 is 0.970 bits per heavy atom. The van der Waals surface area contributed by atoms with Crippen LogP contribution in [0.25, 0.3) is 0 Å². The van der Waals surface area contributed by atoms with Crippen LogP contribution in [0.2, 0.25) is 0 Å². The molecular weight excluding hydrogens is 418 g/mol. The van der Waals surface area contributed by atoms with E-state index in [0.29, 0.717) is 42.8 Å². The maximum atomic E-state index is 13.0. The maximum Gasteiger partial charge on any atom is 0.254 e. The first-order valence-electron chi connectivity index (χ1n) is 11.4. The lowest BCUT2D eigenvalue weighted by Crippen LogP contribution is -2.54. The lowest BCUT2D eigenvalue weighted by atomic mass is 9.88. The Bertz CT molecular complexity index is 979. The molecule has 3 amide bonds. The van der Waals surface area contributed by atoms with Gasteiger partial charge in [-0.3, -0.25) is 14.4 Å². The Balaban J connectivity index is 1.69.